The molecule has 0 heterocycles. The van der Waals surface area contributed by atoms with E-state index >= 15 is 0 Å². The second-order valence-electron chi connectivity index (χ2n) is 6.32. The normalized spacial score (nSPS) is 11.0. The molecule has 1 aromatic carbocycles. The zero-order valence-electron chi connectivity index (χ0n) is 18.0. The number of hydrogen-bond acceptors (Lipinski definition) is 5. The van der Waals surface area contributed by atoms with Crippen LogP contribution in [0.3, 0.4) is 0 Å². The predicted octanol–water partition coefficient (Wildman–Crippen LogP) is 1.57. The number of nitrogens with zero attached hydrogens (tertiary/aromatic N) is 2. The lowest BCUT2D eigenvalue weighted by molar-refractivity contribution is 0.0954. The van der Waals surface area contributed by atoms with Crippen LogP contribution in [0.25, 0.3) is 0 Å². The highest BCUT2D eigenvalue weighted by Gasteiger charge is 2.06. The summed E-state index contributed by atoms with van der Waals surface area (Å²) in [5, 5.41) is 9.34. The Balaban J connectivity index is 0.00000784. The van der Waals surface area contributed by atoms with Crippen molar-refractivity contribution in [2.75, 3.05) is 67.1 Å². The monoisotopic (exact) mass is 521 g/mol. The number of benzene rings is 1. The Kier molecular flexibility index (Phi) is 16.3. The number of aliphatic imine (C=N–C) groups is 1. The smallest absolute Gasteiger partial charge is 0.251 e. The van der Waals surface area contributed by atoms with E-state index in [1.807, 2.05) is 13.0 Å². The fourth-order valence-corrected chi connectivity index (χ4v) is 2.49. The first kappa shape index (κ1) is 27.4. The van der Waals surface area contributed by atoms with Gasteiger partial charge in [-0.15, -0.1) is 24.0 Å². The molecule has 0 aromatic heterocycles. The van der Waals surface area contributed by atoms with Crippen LogP contribution in [-0.2, 0) is 4.74 Å². The van der Waals surface area contributed by atoms with Crippen molar-refractivity contribution >= 4 is 35.8 Å². The Hall–Kier alpha value is -1.59. The lowest BCUT2D eigenvalue weighted by Crippen LogP contribution is -2.42. The van der Waals surface area contributed by atoms with E-state index < -0.39 is 0 Å². The summed E-state index contributed by atoms with van der Waals surface area (Å²) < 4.78 is 10.2. The van der Waals surface area contributed by atoms with Crippen LogP contribution in [0.1, 0.15) is 23.7 Å². The molecule has 0 saturated heterocycles. The summed E-state index contributed by atoms with van der Waals surface area (Å²) in [6.45, 7) is 7.25. The molecular formula is C20H36IN5O3. The van der Waals surface area contributed by atoms with Crippen LogP contribution in [0, 0.1) is 0 Å². The number of methoxy groups -OCH3 is 2. The maximum atomic E-state index is 12.2. The van der Waals surface area contributed by atoms with Crippen molar-refractivity contribution < 1.29 is 14.3 Å². The first-order chi connectivity index (χ1) is 13.6. The van der Waals surface area contributed by atoms with Crippen LogP contribution in [0.15, 0.2) is 29.3 Å². The average molecular weight is 521 g/mol. The van der Waals surface area contributed by atoms with Gasteiger partial charge >= 0.3 is 0 Å². The molecule has 29 heavy (non-hydrogen) atoms. The lowest BCUT2D eigenvalue weighted by atomic mass is 10.2. The van der Waals surface area contributed by atoms with E-state index in [9.17, 15) is 4.79 Å². The fourth-order valence-electron chi connectivity index (χ4n) is 2.49. The van der Waals surface area contributed by atoms with Gasteiger partial charge in [0.15, 0.2) is 5.96 Å². The highest BCUT2D eigenvalue weighted by molar-refractivity contribution is 14.0. The summed E-state index contributed by atoms with van der Waals surface area (Å²) in [6.07, 6.45) is 1.02. The lowest BCUT2D eigenvalue weighted by Gasteiger charge is -2.16. The molecule has 166 valence electrons. The zero-order valence-corrected chi connectivity index (χ0v) is 20.3. The fraction of sp³-hybridized carbons (Fsp3) is 0.600. The Morgan fingerprint density at radius 1 is 1.14 bits per heavy atom. The summed E-state index contributed by atoms with van der Waals surface area (Å²) in [4.78, 5) is 19.0. The van der Waals surface area contributed by atoms with Crippen LogP contribution >= 0.6 is 24.0 Å². The van der Waals surface area contributed by atoms with Gasteiger partial charge in [0.25, 0.3) is 5.91 Å². The van der Waals surface area contributed by atoms with Gasteiger partial charge < -0.3 is 30.3 Å². The van der Waals surface area contributed by atoms with E-state index in [2.05, 4.69) is 32.9 Å². The number of amides is 1. The van der Waals surface area contributed by atoms with Crippen molar-refractivity contribution in [3.05, 3.63) is 29.8 Å². The Bertz CT molecular complexity index is 601. The number of carbonyl (C=O) groups is 1. The molecule has 0 fully saturated rings. The molecule has 1 aromatic rings. The van der Waals surface area contributed by atoms with Crippen molar-refractivity contribution in [1.29, 1.82) is 0 Å². The molecule has 3 N–H and O–H groups in total. The Labute approximate surface area is 191 Å². The van der Waals surface area contributed by atoms with Gasteiger partial charge in [-0.25, -0.2) is 0 Å². The average Bonchev–Trinajstić information content (AvgIpc) is 2.71. The van der Waals surface area contributed by atoms with Crippen LogP contribution in [0.2, 0.25) is 0 Å². The van der Waals surface area contributed by atoms with E-state index in [0.29, 0.717) is 30.9 Å². The first-order valence-corrected chi connectivity index (χ1v) is 9.72. The van der Waals surface area contributed by atoms with Crippen LogP contribution in [-0.4, -0.2) is 83.9 Å². The van der Waals surface area contributed by atoms with Gasteiger partial charge in [-0.3, -0.25) is 9.79 Å². The minimum Gasteiger partial charge on any atom is -0.497 e. The van der Waals surface area contributed by atoms with Crippen molar-refractivity contribution in [2.45, 2.75) is 13.3 Å². The summed E-state index contributed by atoms with van der Waals surface area (Å²) in [5.41, 5.74) is 0.580. The third kappa shape index (κ3) is 12.6. The van der Waals surface area contributed by atoms with E-state index in [-0.39, 0.29) is 29.9 Å². The van der Waals surface area contributed by atoms with Crippen molar-refractivity contribution in [2.24, 2.45) is 4.99 Å². The molecule has 0 aliphatic heterocycles. The number of likely N-dealkylation sites (N-methyl/N-ethyl adjacent to an activating group) is 1. The number of halogens is 1. The van der Waals surface area contributed by atoms with Crippen molar-refractivity contribution in [3.8, 4) is 5.75 Å². The SMILES string of the molecule is CCNC(=NCCN(C)CCCOC)NCCNC(=O)c1cccc(OC)c1.I. The summed E-state index contributed by atoms with van der Waals surface area (Å²) in [7, 11) is 5.39. The molecule has 0 bridgehead atoms. The number of carbonyl (C=O) groups excluding carboxylic acids is 1. The van der Waals surface area contributed by atoms with Crippen molar-refractivity contribution in [3.63, 3.8) is 0 Å². The molecular weight excluding hydrogens is 485 g/mol. The van der Waals surface area contributed by atoms with Gasteiger partial charge in [-0.05, 0) is 38.6 Å². The summed E-state index contributed by atoms with van der Waals surface area (Å²) >= 11 is 0. The van der Waals surface area contributed by atoms with Gasteiger partial charge in [0.1, 0.15) is 5.75 Å². The molecule has 1 rings (SSSR count). The van der Waals surface area contributed by atoms with E-state index in [0.717, 1.165) is 38.6 Å². The van der Waals surface area contributed by atoms with Gasteiger partial charge in [0.2, 0.25) is 0 Å². The largest absolute Gasteiger partial charge is 0.497 e. The van der Waals surface area contributed by atoms with Gasteiger partial charge in [-0.1, -0.05) is 6.07 Å². The molecule has 0 unspecified atom stereocenters. The first-order valence-electron chi connectivity index (χ1n) is 9.72. The van der Waals surface area contributed by atoms with Gasteiger partial charge in [0, 0.05) is 52.0 Å². The second-order valence-corrected chi connectivity index (χ2v) is 6.32. The molecule has 9 heteroatoms. The Morgan fingerprint density at radius 3 is 2.59 bits per heavy atom. The van der Waals surface area contributed by atoms with E-state index in [1.165, 1.54) is 0 Å². The highest BCUT2D eigenvalue weighted by Crippen LogP contribution is 2.12. The third-order valence-electron chi connectivity index (χ3n) is 4.02. The molecule has 0 spiro atoms. The maximum Gasteiger partial charge on any atom is 0.251 e. The number of rotatable bonds is 13. The molecule has 0 aliphatic carbocycles. The molecule has 1 amide bonds. The van der Waals surface area contributed by atoms with Crippen LogP contribution < -0.4 is 20.7 Å². The third-order valence-corrected chi connectivity index (χ3v) is 4.02. The molecule has 0 radical (unpaired) electrons. The zero-order chi connectivity index (χ0) is 20.6. The van der Waals surface area contributed by atoms with Crippen LogP contribution in [0.5, 0.6) is 5.75 Å². The number of ether oxygens (including phenoxy) is 2. The number of hydrogen-bond donors (Lipinski definition) is 3. The summed E-state index contributed by atoms with van der Waals surface area (Å²) in [5.74, 6) is 1.29. The summed E-state index contributed by atoms with van der Waals surface area (Å²) in [6, 6.07) is 7.10. The highest BCUT2D eigenvalue weighted by atomic mass is 127. The minimum atomic E-state index is -0.125. The van der Waals surface area contributed by atoms with Crippen LogP contribution in [0.4, 0.5) is 0 Å². The topological polar surface area (TPSA) is 87.2 Å². The maximum absolute atomic E-state index is 12.2. The molecule has 0 saturated carbocycles. The Morgan fingerprint density at radius 2 is 1.90 bits per heavy atom. The van der Waals surface area contributed by atoms with Gasteiger partial charge in [-0.2, -0.15) is 0 Å². The van der Waals surface area contributed by atoms with E-state index in [4.69, 9.17) is 9.47 Å². The molecule has 0 aliphatic rings. The van der Waals surface area contributed by atoms with Gasteiger partial charge in [0.05, 0.1) is 13.7 Å². The predicted molar refractivity (Wildman–Crippen MR) is 129 cm³/mol. The standard InChI is InChI=1S/C20H35N5O3.HI/c1-5-21-20(24-12-14-25(2)13-7-15-27-3)23-11-10-22-19(26)17-8-6-9-18(16-17)28-4;/h6,8-9,16H,5,7,10-15H2,1-4H3,(H,22,26)(H2,21,23,24);1H. The minimum absolute atomic E-state index is 0. The number of guanidine groups is 1. The van der Waals surface area contributed by atoms with E-state index in [1.54, 1.807) is 32.4 Å². The van der Waals surface area contributed by atoms with Crippen molar-refractivity contribution in [1.82, 2.24) is 20.9 Å². The number of nitrogens with one attached hydrogen (secondary N) is 3. The quantitative estimate of drug-likeness (QED) is 0.158. The second kappa shape index (κ2) is 17.3. The molecule has 0 atom stereocenters. The molecule has 8 nitrogen and oxygen atoms in total.